The Bertz CT molecular complexity index is 1720. The molecule has 0 saturated heterocycles. The molecular formula is C27H24N4O6S. The zero-order chi connectivity index (χ0) is 27.1. The molecule has 0 unspecified atom stereocenters. The van der Waals surface area contributed by atoms with Gasteiger partial charge >= 0.3 is 5.97 Å². The lowest BCUT2D eigenvalue weighted by molar-refractivity contribution is -0.384. The number of non-ortho nitro benzene ring substituents is 1. The first-order chi connectivity index (χ1) is 18.3. The lowest BCUT2D eigenvalue weighted by Gasteiger charge is -2.24. The van der Waals surface area contributed by atoms with Crippen LogP contribution in [0.3, 0.4) is 0 Å². The average Bonchev–Trinajstić information content (AvgIpc) is 3.36. The molecule has 5 rings (SSSR count). The Morgan fingerprint density at radius 3 is 2.63 bits per heavy atom. The van der Waals surface area contributed by atoms with Crippen LogP contribution in [0.4, 0.5) is 11.4 Å². The van der Waals surface area contributed by atoms with Crippen molar-refractivity contribution in [1.82, 2.24) is 4.57 Å². The predicted molar refractivity (Wildman–Crippen MR) is 142 cm³/mol. The molecular weight excluding hydrogens is 508 g/mol. The molecule has 3 aromatic rings. The fourth-order valence-electron chi connectivity index (χ4n) is 4.91. The van der Waals surface area contributed by atoms with Crippen LogP contribution in [0, 0.1) is 10.1 Å². The predicted octanol–water partition coefficient (Wildman–Crippen LogP) is 2.83. The summed E-state index contributed by atoms with van der Waals surface area (Å²) >= 11 is 1.07. The van der Waals surface area contributed by atoms with Gasteiger partial charge in [0.05, 0.1) is 40.1 Å². The van der Waals surface area contributed by atoms with Crippen molar-refractivity contribution in [2.45, 2.75) is 33.2 Å². The zero-order valence-electron chi connectivity index (χ0n) is 21.0. The minimum Gasteiger partial charge on any atom is -0.463 e. The van der Waals surface area contributed by atoms with Crippen molar-refractivity contribution in [3.05, 3.63) is 101 Å². The summed E-state index contributed by atoms with van der Waals surface area (Å²) in [5.74, 6) is -0.939. The number of hydrogen-bond donors (Lipinski definition) is 0. The molecule has 3 heterocycles. The minimum absolute atomic E-state index is 0.102. The highest BCUT2D eigenvalue weighted by Gasteiger charge is 2.37. The number of hydrogen-bond acceptors (Lipinski definition) is 8. The number of aromatic nitrogens is 1. The van der Waals surface area contributed by atoms with Crippen molar-refractivity contribution in [1.29, 1.82) is 0 Å². The molecule has 0 saturated carbocycles. The molecule has 194 valence electrons. The maximum absolute atomic E-state index is 14.1. The van der Waals surface area contributed by atoms with Crippen molar-refractivity contribution in [3.63, 3.8) is 0 Å². The van der Waals surface area contributed by atoms with Crippen LogP contribution in [-0.4, -0.2) is 34.5 Å². The maximum atomic E-state index is 14.1. The van der Waals surface area contributed by atoms with E-state index in [1.54, 1.807) is 24.8 Å². The van der Waals surface area contributed by atoms with Crippen LogP contribution in [0.5, 0.6) is 0 Å². The Labute approximate surface area is 221 Å². The molecule has 38 heavy (non-hydrogen) atoms. The molecule has 2 aliphatic rings. The van der Waals surface area contributed by atoms with E-state index in [2.05, 4.69) is 4.99 Å². The highest BCUT2D eigenvalue weighted by molar-refractivity contribution is 7.07. The van der Waals surface area contributed by atoms with E-state index in [-0.39, 0.29) is 33.9 Å². The van der Waals surface area contributed by atoms with Gasteiger partial charge in [0.15, 0.2) is 4.80 Å². The second-order valence-electron chi connectivity index (χ2n) is 8.82. The second kappa shape index (κ2) is 9.82. The third-order valence-corrected chi connectivity index (χ3v) is 7.54. The number of amides is 1. The number of nitrogens with zero attached hydrogens (tertiary/aromatic N) is 4. The van der Waals surface area contributed by atoms with Gasteiger partial charge in [-0.3, -0.25) is 24.3 Å². The van der Waals surface area contributed by atoms with Crippen LogP contribution in [0.1, 0.15) is 44.4 Å². The van der Waals surface area contributed by atoms with Gasteiger partial charge in [0.1, 0.15) is 4.53 Å². The van der Waals surface area contributed by atoms with Gasteiger partial charge in [0.2, 0.25) is 0 Å². The molecule has 10 nitrogen and oxygen atoms in total. The Morgan fingerprint density at radius 1 is 1.16 bits per heavy atom. The van der Waals surface area contributed by atoms with Crippen LogP contribution in [0.2, 0.25) is 0 Å². The Morgan fingerprint density at radius 2 is 1.92 bits per heavy atom. The number of esters is 1. The molecule has 0 spiro atoms. The first-order valence-corrected chi connectivity index (χ1v) is 13.0. The van der Waals surface area contributed by atoms with Crippen molar-refractivity contribution < 1.29 is 19.2 Å². The van der Waals surface area contributed by atoms with Gasteiger partial charge in [-0.25, -0.2) is 9.79 Å². The summed E-state index contributed by atoms with van der Waals surface area (Å²) in [6.45, 7) is 5.87. The third-order valence-electron chi connectivity index (χ3n) is 6.49. The van der Waals surface area contributed by atoms with Crippen LogP contribution >= 0.6 is 11.3 Å². The molecule has 0 fully saturated rings. The fourth-order valence-corrected chi connectivity index (χ4v) is 6.05. The van der Waals surface area contributed by atoms with Crippen molar-refractivity contribution in [2.24, 2.45) is 4.99 Å². The van der Waals surface area contributed by atoms with E-state index < -0.39 is 22.5 Å². The summed E-state index contributed by atoms with van der Waals surface area (Å²) < 4.78 is 6.82. The molecule has 1 amide bonds. The van der Waals surface area contributed by atoms with Gasteiger partial charge in [-0.15, -0.1) is 0 Å². The summed E-state index contributed by atoms with van der Waals surface area (Å²) in [5.41, 5.74) is 1.81. The molecule has 0 aliphatic carbocycles. The summed E-state index contributed by atoms with van der Waals surface area (Å²) in [6.07, 6.45) is 0.740. The Hall–Kier alpha value is -4.38. The zero-order valence-corrected chi connectivity index (χ0v) is 21.8. The molecule has 2 aliphatic heterocycles. The molecule has 11 heteroatoms. The van der Waals surface area contributed by atoms with E-state index in [0.29, 0.717) is 28.2 Å². The lowest BCUT2D eigenvalue weighted by Crippen LogP contribution is -2.41. The van der Waals surface area contributed by atoms with Gasteiger partial charge in [0.25, 0.3) is 17.2 Å². The highest BCUT2D eigenvalue weighted by Crippen LogP contribution is 2.36. The van der Waals surface area contributed by atoms with E-state index in [4.69, 9.17) is 4.74 Å². The standard InChI is InChI=1S/C27H24N4O6S/c1-4-13-29-19-12-7-6-11-18(19)21(24(29)32)23-25(33)30-22(16-9-8-10-17(14-16)31(35)36)20(26(34)37-5-2)15(3)28-27(30)38-23/h6-12,14,22H,4-5,13H2,1-3H3/t22-/m1/s1. The largest absolute Gasteiger partial charge is 0.463 e. The van der Waals surface area contributed by atoms with Crippen LogP contribution < -0.4 is 19.8 Å². The molecule has 0 bridgehead atoms. The van der Waals surface area contributed by atoms with Crippen LogP contribution in [0.25, 0.3) is 5.57 Å². The van der Waals surface area contributed by atoms with E-state index in [0.717, 1.165) is 23.4 Å². The number of fused-ring (bicyclic) bond motifs is 2. The molecule has 1 atom stereocenters. The van der Waals surface area contributed by atoms with Gasteiger partial charge in [-0.05, 0) is 31.9 Å². The second-order valence-corrected chi connectivity index (χ2v) is 9.80. The van der Waals surface area contributed by atoms with Crippen molar-refractivity contribution >= 4 is 40.2 Å². The third kappa shape index (κ3) is 3.95. The summed E-state index contributed by atoms with van der Waals surface area (Å²) in [4.78, 5) is 58.2. The maximum Gasteiger partial charge on any atom is 0.338 e. The number of nitro benzene ring substituents is 1. The van der Waals surface area contributed by atoms with Crippen LogP contribution in [0.15, 0.2) is 69.6 Å². The lowest BCUT2D eigenvalue weighted by atomic mass is 9.95. The van der Waals surface area contributed by atoms with Gasteiger partial charge < -0.3 is 9.64 Å². The number of allylic oxidation sites excluding steroid dienone is 1. The molecule has 0 N–H and O–H groups in total. The van der Waals surface area contributed by atoms with Gasteiger partial charge in [0, 0.05) is 24.2 Å². The number of anilines is 1. The number of para-hydroxylation sites is 1. The molecule has 0 radical (unpaired) electrons. The van der Waals surface area contributed by atoms with Crippen molar-refractivity contribution in [3.8, 4) is 0 Å². The highest BCUT2D eigenvalue weighted by atomic mass is 32.1. The average molecular weight is 533 g/mol. The van der Waals surface area contributed by atoms with Gasteiger partial charge in [-0.1, -0.05) is 48.6 Å². The number of carbonyl (C=O) groups is 2. The summed E-state index contributed by atoms with van der Waals surface area (Å²) in [7, 11) is 0. The molecule has 1 aromatic heterocycles. The van der Waals surface area contributed by atoms with Crippen LogP contribution in [-0.2, 0) is 14.3 Å². The minimum atomic E-state index is -1.02. The van der Waals surface area contributed by atoms with E-state index in [9.17, 15) is 24.5 Å². The number of nitro groups is 1. The van der Waals surface area contributed by atoms with E-state index in [1.807, 2.05) is 31.2 Å². The molecule has 2 aromatic carbocycles. The summed E-state index contributed by atoms with van der Waals surface area (Å²) in [6, 6.07) is 12.1. The fraction of sp³-hybridized carbons (Fsp3) is 0.259. The number of thiazole rings is 1. The summed E-state index contributed by atoms with van der Waals surface area (Å²) in [5, 5.41) is 11.5. The van der Waals surface area contributed by atoms with Gasteiger partial charge in [-0.2, -0.15) is 0 Å². The smallest absolute Gasteiger partial charge is 0.338 e. The Kier molecular flexibility index (Phi) is 6.53. The quantitative estimate of drug-likeness (QED) is 0.273. The first kappa shape index (κ1) is 25.3. The number of carbonyl (C=O) groups excluding carboxylic acids is 2. The number of ether oxygens (including phenoxy) is 1. The number of rotatable bonds is 6. The van der Waals surface area contributed by atoms with Crippen molar-refractivity contribution in [2.75, 3.05) is 18.1 Å². The number of benzene rings is 2. The van der Waals surface area contributed by atoms with E-state index in [1.165, 1.54) is 22.8 Å². The topological polar surface area (TPSA) is 124 Å². The Balaban J connectivity index is 1.82. The SMILES string of the molecule is CCCN1C(=O)C(=c2sc3n(c2=O)[C@H](c2cccc([N+](=O)[O-])c2)C(C(=O)OCC)=C(C)N=3)c2ccccc21. The first-order valence-electron chi connectivity index (χ1n) is 12.2. The normalized spacial score (nSPS) is 17.7. The monoisotopic (exact) mass is 532 g/mol. The van der Waals surface area contributed by atoms with E-state index >= 15 is 0 Å².